The number of piperazine rings is 1. The summed E-state index contributed by atoms with van der Waals surface area (Å²) in [5.74, 6) is 0.898. The lowest BCUT2D eigenvalue weighted by Gasteiger charge is -2.41. The van der Waals surface area contributed by atoms with E-state index in [9.17, 15) is 9.59 Å². The van der Waals surface area contributed by atoms with Crippen molar-refractivity contribution in [2.45, 2.75) is 25.3 Å². The molecule has 1 unspecified atom stereocenters. The number of piperidine rings is 1. The van der Waals surface area contributed by atoms with Crippen molar-refractivity contribution in [1.29, 1.82) is 0 Å². The second-order valence-electron chi connectivity index (χ2n) is 8.41. The molecule has 5 rings (SSSR count). The van der Waals surface area contributed by atoms with Crippen LogP contribution in [0, 0.1) is 0 Å². The number of nitrogens with one attached hydrogen (secondary N) is 1. The summed E-state index contributed by atoms with van der Waals surface area (Å²) < 4.78 is 5.32. The maximum atomic E-state index is 13.2. The molecule has 0 aromatic heterocycles. The molecule has 0 radical (unpaired) electrons. The Morgan fingerprint density at radius 3 is 2.68 bits per heavy atom. The summed E-state index contributed by atoms with van der Waals surface area (Å²) in [5, 5.41) is 3.03. The Labute approximate surface area is 182 Å². The number of ether oxygens (including phenoxy) is 1. The van der Waals surface area contributed by atoms with Crippen LogP contribution in [0.3, 0.4) is 0 Å². The summed E-state index contributed by atoms with van der Waals surface area (Å²) in [6.07, 6.45) is 3.08. The number of carbonyl (C=O) groups excluding carboxylic acids is 2. The van der Waals surface area contributed by atoms with Crippen LogP contribution in [0.25, 0.3) is 0 Å². The quantitative estimate of drug-likeness (QED) is 0.827. The number of hydrogen-bond donors (Lipinski definition) is 1. The molecular weight excluding hydrogens is 392 g/mol. The second kappa shape index (κ2) is 8.13. The highest BCUT2D eigenvalue weighted by Crippen LogP contribution is 2.36. The molecule has 2 amide bonds. The van der Waals surface area contributed by atoms with Gasteiger partial charge in [-0.3, -0.25) is 9.59 Å². The first-order valence-corrected chi connectivity index (χ1v) is 11.0. The molecule has 162 valence electrons. The Bertz CT molecular complexity index is 1000. The molecule has 0 saturated carbocycles. The number of nitrogens with zero attached hydrogens (tertiary/aromatic N) is 3. The molecule has 1 atom stereocenters. The lowest BCUT2D eigenvalue weighted by atomic mass is 9.96. The molecule has 1 N–H and O–H groups in total. The van der Waals surface area contributed by atoms with Gasteiger partial charge in [0.15, 0.2) is 0 Å². The molecule has 3 aliphatic rings. The van der Waals surface area contributed by atoms with Crippen LogP contribution in [0.15, 0.2) is 42.5 Å². The van der Waals surface area contributed by atoms with Crippen molar-refractivity contribution in [3.63, 3.8) is 0 Å². The summed E-state index contributed by atoms with van der Waals surface area (Å²) in [6, 6.07) is 13.7. The number of amides is 2. The van der Waals surface area contributed by atoms with E-state index in [1.165, 1.54) is 0 Å². The van der Waals surface area contributed by atoms with Gasteiger partial charge in [0.2, 0.25) is 5.91 Å². The van der Waals surface area contributed by atoms with Crippen LogP contribution < -0.4 is 19.9 Å². The topological polar surface area (TPSA) is 65.1 Å². The van der Waals surface area contributed by atoms with Gasteiger partial charge in [0, 0.05) is 50.0 Å². The van der Waals surface area contributed by atoms with Crippen molar-refractivity contribution < 1.29 is 14.3 Å². The monoisotopic (exact) mass is 420 g/mol. The molecule has 0 spiro atoms. The molecule has 2 fully saturated rings. The van der Waals surface area contributed by atoms with Crippen LogP contribution in [0.5, 0.6) is 5.75 Å². The third kappa shape index (κ3) is 3.69. The van der Waals surface area contributed by atoms with Gasteiger partial charge in [-0.1, -0.05) is 6.07 Å². The molecule has 2 aromatic carbocycles. The van der Waals surface area contributed by atoms with Gasteiger partial charge in [-0.05, 0) is 49.6 Å². The summed E-state index contributed by atoms with van der Waals surface area (Å²) in [7, 11) is 1.67. The van der Waals surface area contributed by atoms with E-state index >= 15 is 0 Å². The van der Waals surface area contributed by atoms with E-state index < -0.39 is 0 Å². The van der Waals surface area contributed by atoms with Crippen LogP contribution in [-0.4, -0.2) is 62.6 Å². The Morgan fingerprint density at radius 1 is 1.03 bits per heavy atom. The van der Waals surface area contributed by atoms with Crippen molar-refractivity contribution in [1.82, 2.24) is 4.90 Å². The lowest BCUT2D eigenvalue weighted by Crippen LogP contribution is -2.50. The number of benzene rings is 2. The van der Waals surface area contributed by atoms with E-state index in [1.54, 1.807) is 7.11 Å². The first kappa shape index (κ1) is 19.7. The van der Waals surface area contributed by atoms with Crippen molar-refractivity contribution in [3.8, 4) is 5.75 Å². The molecule has 0 bridgehead atoms. The highest BCUT2D eigenvalue weighted by Gasteiger charge is 2.35. The van der Waals surface area contributed by atoms with Crippen LogP contribution >= 0.6 is 0 Å². The average molecular weight is 421 g/mol. The number of anilines is 3. The van der Waals surface area contributed by atoms with Crippen molar-refractivity contribution in [2.75, 3.05) is 55.0 Å². The van der Waals surface area contributed by atoms with E-state index in [0.717, 1.165) is 61.7 Å². The average Bonchev–Trinajstić information content (AvgIpc) is 2.83. The van der Waals surface area contributed by atoms with E-state index in [2.05, 4.69) is 21.2 Å². The standard InChI is InChI=1S/C24H28N4O3/c1-31-19-6-4-5-18(16-19)26-11-13-27(14-12-26)24(30)17-8-9-21-20(15-17)25-23(29)22-7-2-3-10-28(21)22/h4-6,8-9,15-16,22H,2-3,7,10-14H2,1H3,(H,25,29). The third-order valence-electron chi connectivity index (χ3n) is 6.60. The van der Waals surface area contributed by atoms with Gasteiger partial charge in [-0.15, -0.1) is 0 Å². The zero-order chi connectivity index (χ0) is 21.4. The zero-order valence-electron chi connectivity index (χ0n) is 17.8. The van der Waals surface area contributed by atoms with Gasteiger partial charge in [0.25, 0.3) is 5.91 Å². The Hall–Kier alpha value is -3.22. The molecule has 3 heterocycles. The van der Waals surface area contributed by atoms with Crippen molar-refractivity contribution in [3.05, 3.63) is 48.0 Å². The largest absolute Gasteiger partial charge is 0.497 e. The first-order chi connectivity index (χ1) is 15.1. The van der Waals surface area contributed by atoms with Gasteiger partial charge in [-0.25, -0.2) is 0 Å². The van der Waals surface area contributed by atoms with Crippen LogP contribution in [0.4, 0.5) is 17.1 Å². The predicted octanol–water partition coefficient (Wildman–Crippen LogP) is 2.97. The SMILES string of the molecule is COc1cccc(N2CCN(C(=O)c3ccc4c(c3)NC(=O)C3CCCCN43)CC2)c1. The van der Waals surface area contributed by atoms with E-state index in [1.807, 2.05) is 41.3 Å². The molecule has 0 aliphatic carbocycles. The number of carbonyl (C=O) groups is 2. The van der Waals surface area contributed by atoms with Gasteiger partial charge in [0.1, 0.15) is 11.8 Å². The summed E-state index contributed by atoms with van der Waals surface area (Å²) in [5.41, 5.74) is 3.52. The number of hydrogen-bond acceptors (Lipinski definition) is 5. The Morgan fingerprint density at radius 2 is 1.87 bits per heavy atom. The molecule has 7 heteroatoms. The molecule has 3 aliphatic heterocycles. The number of fused-ring (bicyclic) bond motifs is 3. The van der Waals surface area contributed by atoms with Crippen molar-refractivity contribution in [2.24, 2.45) is 0 Å². The first-order valence-electron chi connectivity index (χ1n) is 11.0. The summed E-state index contributed by atoms with van der Waals surface area (Å²) in [6.45, 7) is 3.76. The Kier molecular flexibility index (Phi) is 5.18. The molecule has 7 nitrogen and oxygen atoms in total. The maximum Gasteiger partial charge on any atom is 0.254 e. The smallest absolute Gasteiger partial charge is 0.254 e. The molecular formula is C24H28N4O3. The van der Waals surface area contributed by atoms with Crippen LogP contribution in [0.1, 0.15) is 29.6 Å². The van der Waals surface area contributed by atoms with Crippen molar-refractivity contribution >= 4 is 28.9 Å². The van der Waals surface area contributed by atoms with Gasteiger partial charge in [0.05, 0.1) is 18.5 Å². The molecule has 2 saturated heterocycles. The van der Waals surface area contributed by atoms with Gasteiger partial charge >= 0.3 is 0 Å². The molecule has 2 aromatic rings. The van der Waals surface area contributed by atoms with Crippen LogP contribution in [0.2, 0.25) is 0 Å². The lowest BCUT2D eigenvalue weighted by molar-refractivity contribution is -0.118. The molecule has 31 heavy (non-hydrogen) atoms. The predicted molar refractivity (Wildman–Crippen MR) is 121 cm³/mol. The van der Waals surface area contributed by atoms with E-state index in [4.69, 9.17) is 4.74 Å². The second-order valence-corrected chi connectivity index (χ2v) is 8.41. The zero-order valence-corrected chi connectivity index (χ0v) is 17.8. The van der Waals surface area contributed by atoms with Crippen LogP contribution in [-0.2, 0) is 4.79 Å². The fraction of sp³-hybridized carbons (Fsp3) is 0.417. The number of methoxy groups -OCH3 is 1. The summed E-state index contributed by atoms with van der Waals surface area (Å²) >= 11 is 0. The third-order valence-corrected chi connectivity index (χ3v) is 6.60. The minimum absolute atomic E-state index is 0.0168. The highest BCUT2D eigenvalue weighted by atomic mass is 16.5. The number of rotatable bonds is 3. The normalized spacial score (nSPS) is 20.6. The maximum absolute atomic E-state index is 13.2. The minimum Gasteiger partial charge on any atom is -0.497 e. The fourth-order valence-corrected chi connectivity index (χ4v) is 4.89. The van der Waals surface area contributed by atoms with E-state index in [0.29, 0.717) is 18.7 Å². The summed E-state index contributed by atoms with van der Waals surface area (Å²) in [4.78, 5) is 32.0. The van der Waals surface area contributed by atoms with Gasteiger partial charge in [-0.2, -0.15) is 0 Å². The highest BCUT2D eigenvalue weighted by molar-refractivity contribution is 6.05. The van der Waals surface area contributed by atoms with Gasteiger partial charge < -0.3 is 24.8 Å². The fourth-order valence-electron chi connectivity index (χ4n) is 4.89. The Balaban J connectivity index is 1.28. The van der Waals surface area contributed by atoms with E-state index in [-0.39, 0.29) is 17.9 Å². The minimum atomic E-state index is -0.0764.